The van der Waals surface area contributed by atoms with Crippen molar-refractivity contribution in [2.45, 2.75) is 60.2 Å². The van der Waals surface area contributed by atoms with E-state index in [0.29, 0.717) is 91.7 Å². The molecule has 5 aromatic heterocycles. The van der Waals surface area contributed by atoms with Gasteiger partial charge < -0.3 is 18.7 Å². The number of aryl methyl sites for hydroxylation is 1. The maximum absolute atomic E-state index is 14.3. The van der Waals surface area contributed by atoms with Crippen molar-refractivity contribution < 1.29 is 37.1 Å². The first-order chi connectivity index (χ1) is 41.8. The number of H-pyrrole nitrogens is 2. The number of hydrogen-bond donors (Lipinski definition) is 2. The molecular formula is C69H52Cl2F3N7O6. The van der Waals surface area contributed by atoms with E-state index in [-0.39, 0.29) is 58.1 Å². The number of rotatable bonds is 12. The molecular weight excluding hydrogens is 1150 g/mol. The van der Waals surface area contributed by atoms with Crippen molar-refractivity contribution in [1.29, 1.82) is 0 Å². The van der Waals surface area contributed by atoms with Crippen LogP contribution in [0, 0.1) is 24.4 Å². The highest BCUT2D eigenvalue weighted by molar-refractivity contribution is 6.33. The van der Waals surface area contributed by atoms with Crippen LogP contribution in [0.4, 0.5) is 13.2 Å². The van der Waals surface area contributed by atoms with Gasteiger partial charge in [-0.1, -0.05) is 89.5 Å². The molecule has 0 aliphatic heterocycles. The molecule has 0 amide bonds. The molecule has 11 aromatic rings. The van der Waals surface area contributed by atoms with Crippen molar-refractivity contribution in [3.8, 4) is 11.1 Å². The monoisotopic (exact) mass is 1200 g/mol. The van der Waals surface area contributed by atoms with Crippen molar-refractivity contribution in [2.75, 3.05) is 0 Å². The first-order valence-electron chi connectivity index (χ1n) is 27.6. The molecule has 6 aromatic carbocycles. The molecule has 13 nitrogen and oxygen atoms in total. The van der Waals surface area contributed by atoms with Gasteiger partial charge in [-0.3, -0.25) is 28.8 Å². The van der Waals surface area contributed by atoms with Gasteiger partial charge in [0.15, 0.2) is 28.9 Å². The molecule has 18 heteroatoms. The Kier molecular flexibility index (Phi) is 16.6. The van der Waals surface area contributed by atoms with Gasteiger partial charge in [0.05, 0.1) is 23.6 Å². The van der Waals surface area contributed by atoms with Crippen molar-refractivity contribution in [1.82, 2.24) is 34.1 Å². The number of carbonyl (C=O) groups excluding carboxylic acids is 5. The number of halogens is 5. The van der Waals surface area contributed by atoms with E-state index in [1.807, 2.05) is 88.9 Å². The van der Waals surface area contributed by atoms with Gasteiger partial charge >= 0.3 is 0 Å². The van der Waals surface area contributed by atoms with Crippen LogP contribution in [0.5, 0.6) is 0 Å². The third-order valence-corrected chi connectivity index (χ3v) is 15.7. The molecule has 0 unspecified atom stereocenters. The Morgan fingerprint density at radius 3 is 1.61 bits per heavy atom. The molecule has 2 aliphatic rings. The fourth-order valence-corrected chi connectivity index (χ4v) is 11.8. The second-order valence-electron chi connectivity index (χ2n) is 21.1. The lowest BCUT2D eigenvalue weighted by Crippen LogP contribution is -2.13. The normalized spacial score (nSPS) is 13.0. The summed E-state index contributed by atoms with van der Waals surface area (Å²) in [6, 6.07) is 35.0. The minimum atomic E-state index is -0.561. The lowest BCUT2D eigenvalue weighted by Gasteiger charge is -2.12. The first kappa shape index (κ1) is 58.7. The number of carbonyl (C=O) groups is 5. The topological polar surface area (TPSA) is 175 Å². The highest BCUT2D eigenvalue weighted by Gasteiger charge is 2.30. The fourth-order valence-electron chi connectivity index (χ4n) is 11.5. The largest absolute Gasteiger partial charge is 0.333 e. The van der Waals surface area contributed by atoms with Crippen LogP contribution in [-0.2, 0) is 29.2 Å². The Bertz CT molecular complexity index is 4860. The molecule has 0 atom stereocenters. The van der Waals surface area contributed by atoms with E-state index < -0.39 is 11.6 Å². The number of nitrogens with zero attached hydrogens (tertiary/aromatic N) is 5. The number of benzene rings is 6. The second kappa shape index (κ2) is 24.5. The number of pyridine rings is 1. The van der Waals surface area contributed by atoms with E-state index in [2.05, 4.69) is 20.4 Å². The number of aromatic amines is 2. The zero-order valence-corrected chi connectivity index (χ0v) is 48.8. The quantitative estimate of drug-likeness (QED) is 0.114. The smallest absolute Gasteiger partial charge is 0.255 e. The summed E-state index contributed by atoms with van der Waals surface area (Å²) < 4.78 is 46.8. The van der Waals surface area contributed by atoms with E-state index in [0.717, 1.165) is 67.7 Å². The van der Waals surface area contributed by atoms with E-state index in [4.69, 9.17) is 23.2 Å². The third kappa shape index (κ3) is 11.8. The van der Waals surface area contributed by atoms with Crippen LogP contribution in [-0.4, -0.2) is 63.0 Å². The Morgan fingerprint density at radius 2 is 1.05 bits per heavy atom. The van der Waals surface area contributed by atoms with Crippen molar-refractivity contribution in [3.63, 3.8) is 0 Å². The van der Waals surface area contributed by atoms with Crippen LogP contribution in [0.3, 0.4) is 0 Å². The molecule has 0 fully saturated rings. The van der Waals surface area contributed by atoms with Gasteiger partial charge in [-0.15, -0.1) is 0 Å². The van der Waals surface area contributed by atoms with E-state index in [1.165, 1.54) is 39.1 Å². The van der Waals surface area contributed by atoms with Gasteiger partial charge in [0.25, 0.3) is 5.56 Å². The molecule has 2 N–H and O–H groups in total. The summed E-state index contributed by atoms with van der Waals surface area (Å²) in [7, 11) is 0. The van der Waals surface area contributed by atoms with Crippen LogP contribution < -0.4 is 5.56 Å². The van der Waals surface area contributed by atoms with E-state index in [1.54, 1.807) is 65.3 Å². The molecule has 434 valence electrons. The third-order valence-electron chi connectivity index (χ3n) is 15.2. The minimum absolute atomic E-state index is 0.0111. The molecule has 0 saturated heterocycles. The number of nitrogens with one attached hydrogen (secondary N) is 2. The van der Waals surface area contributed by atoms with Crippen LogP contribution in [0.25, 0.3) is 66.0 Å². The Morgan fingerprint density at radius 1 is 0.540 bits per heavy atom. The van der Waals surface area contributed by atoms with E-state index in [9.17, 15) is 41.9 Å². The lowest BCUT2D eigenvalue weighted by molar-refractivity contribution is -0.113. The first-order valence-corrected chi connectivity index (χ1v) is 28.4. The molecule has 2 aliphatic carbocycles. The molecule has 87 heavy (non-hydrogen) atoms. The zero-order chi connectivity index (χ0) is 61.4. The summed E-state index contributed by atoms with van der Waals surface area (Å²) in [6.07, 6.45) is 13.0. The number of hydrogen-bond acceptors (Lipinski definition) is 8. The predicted molar refractivity (Wildman–Crippen MR) is 334 cm³/mol. The van der Waals surface area contributed by atoms with Gasteiger partial charge in [-0.2, -0.15) is 15.4 Å². The van der Waals surface area contributed by atoms with Crippen LogP contribution >= 0.6 is 23.2 Å². The van der Waals surface area contributed by atoms with Gasteiger partial charge in [-0.05, 0) is 121 Å². The van der Waals surface area contributed by atoms with Crippen molar-refractivity contribution in [3.05, 3.63) is 258 Å². The molecule has 5 heterocycles. The van der Waals surface area contributed by atoms with Crippen molar-refractivity contribution >= 4 is 107 Å². The summed E-state index contributed by atoms with van der Waals surface area (Å²) in [4.78, 5) is 78.6. The lowest BCUT2D eigenvalue weighted by atomic mass is 9.93. The fraction of sp³-hybridized carbons (Fsp3) is 0.130. The number of allylic oxidation sites excluding steroid dienone is 8. The molecule has 0 spiro atoms. The maximum atomic E-state index is 14.3. The Balaban J connectivity index is 0.000000135. The van der Waals surface area contributed by atoms with E-state index >= 15 is 0 Å². The highest BCUT2D eigenvalue weighted by atomic mass is 35.5. The minimum Gasteiger partial charge on any atom is -0.333 e. The van der Waals surface area contributed by atoms with Crippen LogP contribution in [0.1, 0.15) is 98.5 Å². The number of Topliss-reactive ketones (excluding diaryl/α,β-unsaturated/α-hetero) is 5. The molecule has 0 bridgehead atoms. The summed E-state index contributed by atoms with van der Waals surface area (Å²) >= 11 is 12.5. The van der Waals surface area contributed by atoms with Gasteiger partial charge in [-0.25, -0.2) is 13.2 Å². The van der Waals surface area contributed by atoms with Crippen LogP contribution in [0.15, 0.2) is 175 Å². The van der Waals surface area contributed by atoms with Crippen LogP contribution in [0.2, 0.25) is 10.0 Å². The number of aromatic nitrogens is 7. The molecule has 0 radical (unpaired) electrons. The number of fused-ring (bicyclic) bond motifs is 4. The number of ketones is 5. The average Bonchev–Trinajstić information content (AvgIpc) is 1.69. The predicted octanol–water partition coefficient (Wildman–Crippen LogP) is 15.2. The second-order valence-corrected chi connectivity index (χ2v) is 22.0. The summed E-state index contributed by atoms with van der Waals surface area (Å²) in [6.45, 7) is 7.13. The molecule has 0 saturated carbocycles. The van der Waals surface area contributed by atoms with Gasteiger partial charge in [0.1, 0.15) is 28.5 Å². The van der Waals surface area contributed by atoms with Gasteiger partial charge in [0.2, 0.25) is 0 Å². The van der Waals surface area contributed by atoms with Gasteiger partial charge in [0, 0.05) is 135 Å². The van der Waals surface area contributed by atoms with Crippen molar-refractivity contribution in [2.24, 2.45) is 0 Å². The highest BCUT2D eigenvalue weighted by Crippen LogP contribution is 2.40. The average molecular weight is 1200 g/mol. The summed E-state index contributed by atoms with van der Waals surface area (Å²) in [5.74, 6) is -2.00. The zero-order valence-electron chi connectivity index (χ0n) is 47.3. The summed E-state index contributed by atoms with van der Waals surface area (Å²) in [5.41, 5.74) is 10.8. The summed E-state index contributed by atoms with van der Waals surface area (Å²) in [5, 5.41) is 14.2. The standard InChI is InChI=1S/C23H17ClFNO2.C23H17ClN4O2.C23H18F2N2O2/c1-14(27)23-22(18-4-2-3-5-21(18)28)19-12-16(24)8-11-20(19)26(23)13-15-6-9-17(25)10-7-15;1-13(29)23-22(16-4-2-3-5-21(16)30)17-11-15(24)7-9-20(17)28(23)12-14-6-8-18-19(10-14)26-27-25-18;1-13-5-8-20-18(10-13)21(17-4-3-9-26-23(17)29)22(14(2)28)27(20)12-15-11-16(24)6-7-19(15)25/h2-4,6-12H,5,13H2,1H3;2-4,6-11H,5,12H2,1H3,(H,25,26,27);3-11H,12H2,1-2H3,(H,26,29). The maximum Gasteiger partial charge on any atom is 0.255 e. The molecule has 13 rings (SSSR count). The Labute approximate surface area is 505 Å². The SMILES string of the molecule is CC(=O)c1c(-c2ccc[nH]c2=O)c2cc(C)ccc2n1Cc1cc(F)ccc1F.CC(=O)c1c(C2=CC=CCC2=O)c2cc(Cl)ccc2n1Cc1ccc(F)cc1.CC(=O)c1c(C2=CC=CCC2=O)c2cc(Cl)ccc2n1Cc1ccc2n[nH]nc2c1. The Hall–Kier alpha value is -10.0.